The predicted octanol–water partition coefficient (Wildman–Crippen LogP) is 21.7. The molecule has 12 aromatic carbocycles. The Morgan fingerprint density at radius 3 is 1.24 bits per heavy atom. The highest BCUT2D eigenvalue weighted by Crippen LogP contribution is 2.41. The van der Waals surface area contributed by atoms with Crippen molar-refractivity contribution in [2.24, 2.45) is 0 Å². The van der Waals surface area contributed by atoms with Crippen molar-refractivity contribution in [1.82, 2.24) is 9.13 Å². The third-order valence-electron chi connectivity index (χ3n) is 14.0. The molecule has 2 heterocycles. The van der Waals surface area contributed by atoms with Gasteiger partial charge in [0.15, 0.2) is 0 Å². The maximum absolute atomic E-state index is 6.26. The van der Waals surface area contributed by atoms with E-state index in [1.165, 1.54) is 58.4 Å². The summed E-state index contributed by atoms with van der Waals surface area (Å²) in [6.45, 7) is 0. The number of aromatic nitrogens is 2. The molecular weight excluding hydrogens is 1120 g/mol. The summed E-state index contributed by atoms with van der Waals surface area (Å²) in [5, 5.41) is 10.1. The predicted molar refractivity (Wildman–Crippen MR) is 346 cm³/mol. The lowest BCUT2D eigenvalue weighted by molar-refractivity contribution is 1.18. The van der Waals surface area contributed by atoms with E-state index < -0.39 is 0 Å². The van der Waals surface area contributed by atoms with Crippen LogP contribution in [0.3, 0.4) is 0 Å². The summed E-state index contributed by atoms with van der Waals surface area (Å²) in [6.07, 6.45) is 0. The van der Waals surface area contributed by atoms with Crippen LogP contribution in [-0.4, -0.2) is 9.13 Å². The molecule has 0 atom stereocenters. The second-order valence-electron chi connectivity index (χ2n) is 19.0. The molecule has 0 bridgehead atoms. The zero-order valence-corrected chi connectivity index (χ0v) is 46.5. The molecule has 2 aromatic heterocycles. The molecule has 0 fully saturated rings. The van der Waals surface area contributed by atoms with E-state index in [9.17, 15) is 0 Å². The van der Waals surface area contributed by atoms with E-state index >= 15 is 0 Å². The SMILES string of the molecule is Clc1cccc(-c2ccc(I)cc2)c1.Clc1cccc(-c2ccc(N(c3ccccc3)c3ccc4c5ccccc5n(-c5ccccc5)c4c3)cc2)c1.c1ccc(Nc2ccc3c4ccccc4n(-c4ccccc4)c3c2)cc1. The van der Waals surface area contributed by atoms with Gasteiger partial charge in [0.05, 0.1) is 22.1 Å². The van der Waals surface area contributed by atoms with Gasteiger partial charge >= 0.3 is 0 Å². The summed E-state index contributed by atoms with van der Waals surface area (Å²) in [5.41, 5.74) is 17.2. The molecule has 0 aliphatic rings. The van der Waals surface area contributed by atoms with Crippen molar-refractivity contribution in [2.75, 3.05) is 10.2 Å². The fourth-order valence-electron chi connectivity index (χ4n) is 10.4. The highest BCUT2D eigenvalue weighted by atomic mass is 127. The lowest BCUT2D eigenvalue weighted by atomic mass is 10.0. The quantitative estimate of drug-likeness (QED) is 0.146. The van der Waals surface area contributed by atoms with Crippen LogP contribution in [0.2, 0.25) is 10.0 Å². The minimum absolute atomic E-state index is 0.740. The molecule has 0 aliphatic carbocycles. The van der Waals surface area contributed by atoms with Gasteiger partial charge in [-0.25, -0.2) is 0 Å². The molecule has 1 N–H and O–H groups in total. The number of para-hydroxylation sites is 6. The molecule has 380 valence electrons. The van der Waals surface area contributed by atoms with Crippen molar-refractivity contribution < 1.29 is 0 Å². The molecule has 0 spiro atoms. The van der Waals surface area contributed by atoms with Gasteiger partial charge in [-0.2, -0.15) is 0 Å². The Morgan fingerprint density at radius 2 is 0.709 bits per heavy atom. The Labute approximate surface area is 484 Å². The monoisotopic (exact) mass is 1170 g/mol. The number of anilines is 5. The Morgan fingerprint density at radius 1 is 0.291 bits per heavy atom. The minimum Gasteiger partial charge on any atom is -0.355 e. The van der Waals surface area contributed by atoms with E-state index in [1.807, 2.05) is 54.6 Å². The standard InChI is InChI=1S/C36H25ClN2.C24H18N2.C12H8ClI/c37-28-11-9-10-27(24-28)26-18-20-31(21-19-26)38(29-12-3-1-4-13-29)32-22-23-34-33-16-7-8-17-35(33)39(36(34)25-32)30-14-5-2-6-15-30;1-3-9-18(10-4-1)25-19-15-16-22-21-13-7-8-14-23(21)26(24(22)17-19)20-11-5-2-6-12-20;13-11-3-1-2-10(8-11)9-4-6-12(14)7-5-9/h1-25H;1-17,25H;1-8H. The first-order valence-electron chi connectivity index (χ1n) is 26.1. The van der Waals surface area contributed by atoms with Gasteiger partial charge in [0.25, 0.3) is 0 Å². The van der Waals surface area contributed by atoms with E-state index in [-0.39, 0.29) is 0 Å². The number of benzene rings is 12. The Balaban J connectivity index is 0.000000133. The lowest BCUT2D eigenvalue weighted by Crippen LogP contribution is -2.10. The maximum Gasteiger partial charge on any atom is 0.0561 e. The van der Waals surface area contributed by atoms with Gasteiger partial charge in [-0.1, -0.05) is 193 Å². The molecule has 0 radical (unpaired) electrons. The van der Waals surface area contributed by atoms with Crippen LogP contribution in [-0.2, 0) is 0 Å². The number of nitrogens with zero attached hydrogens (tertiary/aromatic N) is 3. The average molecular weight is 1170 g/mol. The summed E-state index contributed by atoms with van der Waals surface area (Å²) in [4.78, 5) is 2.31. The summed E-state index contributed by atoms with van der Waals surface area (Å²) in [7, 11) is 0. The fraction of sp³-hybridized carbons (Fsp3) is 0. The van der Waals surface area contributed by atoms with Crippen molar-refractivity contribution in [1.29, 1.82) is 0 Å². The van der Waals surface area contributed by atoms with E-state index in [4.69, 9.17) is 23.2 Å². The van der Waals surface area contributed by atoms with Crippen LogP contribution in [0.1, 0.15) is 0 Å². The van der Waals surface area contributed by atoms with Crippen molar-refractivity contribution in [2.45, 2.75) is 0 Å². The second kappa shape index (κ2) is 23.4. The summed E-state index contributed by atoms with van der Waals surface area (Å²) in [5.74, 6) is 0. The van der Waals surface area contributed by atoms with Crippen LogP contribution < -0.4 is 10.2 Å². The molecule has 0 amide bonds. The topological polar surface area (TPSA) is 25.1 Å². The van der Waals surface area contributed by atoms with E-state index in [1.54, 1.807) is 0 Å². The molecule has 7 heteroatoms. The van der Waals surface area contributed by atoms with Gasteiger partial charge in [-0.3, -0.25) is 0 Å². The van der Waals surface area contributed by atoms with Gasteiger partial charge in [0.2, 0.25) is 0 Å². The lowest BCUT2D eigenvalue weighted by Gasteiger charge is -2.26. The van der Waals surface area contributed by atoms with E-state index in [0.717, 1.165) is 60.9 Å². The summed E-state index contributed by atoms with van der Waals surface area (Å²) < 4.78 is 5.94. The molecule has 14 rings (SSSR count). The molecular formula is C72H51Cl2IN4. The largest absolute Gasteiger partial charge is 0.355 e. The molecule has 0 saturated heterocycles. The van der Waals surface area contributed by atoms with Crippen LogP contribution >= 0.6 is 45.8 Å². The second-order valence-corrected chi connectivity index (χ2v) is 21.2. The van der Waals surface area contributed by atoms with Gasteiger partial charge in [0, 0.05) is 75.0 Å². The first kappa shape index (κ1) is 50.9. The number of hydrogen-bond acceptors (Lipinski definition) is 2. The molecule has 14 aromatic rings. The van der Waals surface area contributed by atoms with Crippen molar-refractivity contribution >= 4 is 118 Å². The molecule has 4 nitrogen and oxygen atoms in total. The van der Waals surface area contributed by atoms with Crippen molar-refractivity contribution in [3.05, 3.63) is 317 Å². The van der Waals surface area contributed by atoms with Gasteiger partial charge < -0.3 is 19.4 Å². The van der Waals surface area contributed by atoms with Crippen molar-refractivity contribution in [3.8, 4) is 33.6 Å². The number of hydrogen-bond donors (Lipinski definition) is 1. The van der Waals surface area contributed by atoms with Gasteiger partial charge in [-0.15, -0.1) is 0 Å². The summed E-state index contributed by atoms with van der Waals surface area (Å²) in [6, 6.07) is 105. The van der Waals surface area contributed by atoms with Crippen LogP contribution in [0.5, 0.6) is 0 Å². The number of halogens is 3. The first-order chi connectivity index (χ1) is 38.9. The van der Waals surface area contributed by atoms with Crippen molar-refractivity contribution in [3.63, 3.8) is 0 Å². The number of fused-ring (bicyclic) bond motifs is 6. The molecule has 79 heavy (non-hydrogen) atoms. The van der Waals surface area contributed by atoms with E-state index in [0.29, 0.717) is 0 Å². The smallest absolute Gasteiger partial charge is 0.0561 e. The van der Waals surface area contributed by atoms with Gasteiger partial charge in [-0.05, 0) is 178 Å². The fourth-order valence-corrected chi connectivity index (χ4v) is 11.1. The average Bonchev–Trinajstić information content (AvgIpc) is 4.26. The highest BCUT2D eigenvalue weighted by molar-refractivity contribution is 14.1. The van der Waals surface area contributed by atoms with Crippen LogP contribution in [0.15, 0.2) is 303 Å². The van der Waals surface area contributed by atoms with Gasteiger partial charge in [0.1, 0.15) is 0 Å². The Hall–Kier alpha value is -8.85. The number of nitrogens with one attached hydrogen (secondary N) is 1. The first-order valence-corrected chi connectivity index (χ1v) is 28.0. The Kier molecular flexibility index (Phi) is 15.1. The van der Waals surface area contributed by atoms with E-state index in [2.05, 4.69) is 291 Å². The van der Waals surface area contributed by atoms with Crippen LogP contribution in [0.25, 0.3) is 77.2 Å². The maximum atomic E-state index is 6.26. The van der Waals surface area contributed by atoms with Crippen LogP contribution in [0, 0.1) is 3.57 Å². The molecule has 0 aliphatic heterocycles. The summed E-state index contributed by atoms with van der Waals surface area (Å²) >= 11 is 14.5. The molecule has 0 unspecified atom stereocenters. The zero-order valence-electron chi connectivity index (χ0n) is 42.8. The normalized spacial score (nSPS) is 11.0. The molecule has 0 saturated carbocycles. The Bertz CT molecular complexity index is 4350. The third-order valence-corrected chi connectivity index (χ3v) is 15.2. The zero-order chi connectivity index (χ0) is 53.5. The third kappa shape index (κ3) is 11.2. The van der Waals surface area contributed by atoms with Crippen LogP contribution in [0.4, 0.5) is 28.4 Å². The highest BCUT2D eigenvalue weighted by Gasteiger charge is 2.18. The minimum atomic E-state index is 0.740. The number of rotatable bonds is 9.